The van der Waals surface area contributed by atoms with E-state index in [0.29, 0.717) is 13.0 Å². The van der Waals surface area contributed by atoms with E-state index in [-0.39, 0.29) is 0 Å². The summed E-state index contributed by atoms with van der Waals surface area (Å²) in [6.07, 6.45) is 3.38. The first-order valence-electron chi connectivity index (χ1n) is 5.01. The molecule has 1 aliphatic rings. The van der Waals surface area contributed by atoms with Crippen molar-refractivity contribution in [1.29, 1.82) is 0 Å². The Hall–Kier alpha value is -0.870. The third kappa shape index (κ3) is 1.67. The fraction of sp³-hybridized carbons (Fsp3) is 0.700. The van der Waals surface area contributed by atoms with Gasteiger partial charge in [-0.15, -0.1) is 0 Å². The molecule has 0 saturated carbocycles. The highest BCUT2D eigenvalue weighted by Crippen LogP contribution is 2.21. The molecular weight excluding hydrogens is 178 g/mol. The molecule has 1 unspecified atom stereocenters. The van der Waals surface area contributed by atoms with Crippen molar-refractivity contribution >= 4 is 0 Å². The summed E-state index contributed by atoms with van der Waals surface area (Å²) in [6, 6.07) is 0. The van der Waals surface area contributed by atoms with Crippen LogP contribution in [0, 0.1) is 6.92 Å². The molecule has 1 saturated heterocycles. The molecule has 4 heteroatoms. The number of aromatic nitrogens is 2. The average molecular weight is 195 g/mol. The molecule has 1 aromatic rings. The summed E-state index contributed by atoms with van der Waals surface area (Å²) >= 11 is 0. The van der Waals surface area contributed by atoms with E-state index in [2.05, 4.69) is 10.4 Å². The first-order chi connectivity index (χ1) is 6.61. The van der Waals surface area contributed by atoms with Crippen LogP contribution in [0.1, 0.15) is 17.7 Å². The number of nitrogens with zero attached hydrogens (tertiary/aromatic N) is 2. The second-order valence-corrected chi connectivity index (χ2v) is 4.23. The minimum atomic E-state index is -0.571. The van der Waals surface area contributed by atoms with Gasteiger partial charge in [-0.05, 0) is 25.5 Å². The zero-order chi connectivity index (χ0) is 10.2. The van der Waals surface area contributed by atoms with E-state index in [1.54, 1.807) is 0 Å². The van der Waals surface area contributed by atoms with Crippen molar-refractivity contribution < 1.29 is 5.11 Å². The van der Waals surface area contributed by atoms with E-state index < -0.39 is 5.60 Å². The highest BCUT2D eigenvalue weighted by molar-refractivity contribution is 5.18. The number of nitrogens with one attached hydrogen (secondary N) is 1. The van der Waals surface area contributed by atoms with E-state index in [4.69, 9.17) is 0 Å². The zero-order valence-corrected chi connectivity index (χ0v) is 8.75. The summed E-state index contributed by atoms with van der Waals surface area (Å²) in [6.45, 7) is 3.64. The van der Waals surface area contributed by atoms with Crippen molar-refractivity contribution in [2.24, 2.45) is 7.05 Å². The van der Waals surface area contributed by atoms with Gasteiger partial charge in [0.05, 0.1) is 11.8 Å². The Morgan fingerprint density at radius 3 is 3.00 bits per heavy atom. The molecule has 1 aromatic heterocycles. The van der Waals surface area contributed by atoms with Crippen molar-refractivity contribution in [3.8, 4) is 0 Å². The molecule has 1 fully saturated rings. The number of β-amino-alcohol motifs (C(OH)–C–C–N with tert-alkyl or cyclic N) is 1. The molecule has 1 atom stereocenters. The molecule has 4 nitrogen and oxygen atoms in total. The molecule has 0 aliphatic carbocycles. The molecule has 0 aromatic carbocycles. The quantitative estimate of drug-likeness (QED) is 0.698. The van der Waals surface area contributed by atoms with Gasteiger partial charge in [0, 0.05) is 25.7 Å². The van der Waals surface area contributed by atoms with Gasteiger partial charge >= 0.3 is 0 Å². The van der Waals surface area contributed by atoms with Crippen LogP contribution in [0.25, 0.3) is 0 Å². The van der Waals surface area contributed by atoms with E-state index >= 15 is 0 Å². The van der Waals surface area contributed by atoms with E-state index in [1.807, 2.05) is 24.9 Å². The second-order valence-electron chi connectivity index (χ2n) is 4.23. The average Bonchev–Trinajstić information content (AvgIpc) is 2.68. The lowest BCUT2D eigenvalue weighted by Crippen LogP contribution is -2.34. The largest absolute Gasteiger partial charge is 0.388 e. The van der Waals surface area contributed by atoms with Gasteiger partial charge in [0.25, 0.3) is 0 Å². The molecule has 1 aliphatic heterocycles. The molecule has 0 bridgehead atoms. The minimum Gasteiger partial charge on any atom is -0.388 e. The van der Waals surface area contributed by atoms with Crippen molar-refractivity contribution in [2.45, 2.75) is 25.4 Å². The maximum atomic E-state index is 10.2. The van der Waals surface area contributed by atoms with Gasteiger partial charge in [0.15, 0.2) is 0 Å². The number of aliphatic hydroxyl groups is 1. The lowest BCUT2D eigenvalue weighted by Gasteiger charge is -2.21. The summed E-state index contributed by atoms with van der Waals surface area (Å²) in [4.78, 5) is 0. The number of aryl methyl sites for hydroxylation is 2. The Morgan fingerprint density at radius 1 is 1.71 bits per heavy atom. The lowest BCUT2D eigenvalue weighted by molar-refractivity contribution is 0.0598. The summed E-state index contributed by atoms with van der Waals surface area (Å²) < 4.78 is 1.85. The normalized spacial score (nSPS) is 27.1. The Kier molecular flexibility index (Phi) is 2.33. The monoisotopic (exact) mass is 195 g/mol. The fourth-order valence-corrected chi connectivity index (χ4v) is 2.02. The van der Waals surface area contributed by atoms with Gasteiger partial charge in [0.1, 0.15) is 0 Å². The van der Waals surface area contributed by atoms with Crippen LogP contribution in [0.5, 0.6) is 0 Å². The van der Waals surface area contributed by atoms with Crippen LogP contribution in [0.4, 0.5) is 0 Å². The molecule has 0 radical (unpaired) electrons. The smallest absolute Gasteiger partial charge is 0.0838 e. The topological polar surface area (TPSA) is 50.1 Å². The van der Waals surface area contributed by atoms with Crippen LogP contribution < -0.4 is 5.32 Å². The van der Waals surface area contributed by atoms with Gasteiger partial charge in [-0.1, -0.05) is 0 Å². The van der Waals surface area contributed by atoms with Gasteiger partial charge in [0.2, 0.25) is 0 Å². The van der Waals surface area contributed by atoms with Crippen molar-refractivity contribution in [3.05, 3.63) is 17.5 Å². The van der Waals surface area contributed by atoms with Crippen LogP contribution >= 0.6 is 0 Å². The summed E-state index contributed by atoms with van der Waals surface area (Å²) in [7, 11) is 1.92. The maximum absolute atomic E-state index is 10.2. The molecule has 0 amide bonds. The second kappa shape index (κ2) is 3.37. The Morgan fingerprint density at radius 2 is 2.50 bits per heavy atom. The van der Waals surface area contributed by atoms with Crippen LogP contribution in [0.3, 0.4) is 0 Å². The van der Waals surface area contributed by atoms with Crippen LogP contribution in [0.2, 0.25) is 0 Å². The molecule has 2 rings (SSSR count). The summed E-state index contributed by atoms with van der Waals surface area (Å²) in [5.41, 5.74) is 1.72. The predicted molar refractivity (Wildman–Crippen MR) is 54.1 cm³/mol. The van der Waals surface area contributed by atoms with Crippen LogP contribution in [0.15, 0.2) is 6.20 Å². The summed E-state index contributed by atoms with van der Waals surface area (Å²) in [5, 5.41) is 17.6. The van der Waals surface area contributed by atoms with E-state index in [1.165, 1.54) is 0 Å². The molecule has 2 heterocycles. The molecule has 14 heavy (non-hydrogen) atoms. The Bertz CT molecular complexity index is 307. The number of rotatable bonds is 2. The number of hydrogen-bond donors (Lipinski definition) is 2. The van der Waals surface area contributed by atoms with E-state index in [9.17, 15) is 5.11 Å². The van der Waals surface area contributed by atoms with Crippen LogP contribution in [-0.4, -0.2) is 33.6 Å². The lowest BCUT2D eigenvalue weighted by atomic mass is 9.95. The van der Waals surface area contributed by atoms with Gasteiger partial charge in [-0.3, -0.25) is 4.68 Å². The maximum Gasteiger partial charge on any atom is 0.0838 e. The third-order valence-corrected chi connectivity index (χ3v) is 2.99. The zero-order valence-electron chi connectivity index (χ0n) is 8.75. The highest BCUT2D eigenvalue weighted by Gasteiger charge is 2.32. The Balaban J connectivity index is 2.17. The van der Waals surface area contributed by atoms with E-state index in [0.717, 1.165) is 24.2 Å². The minimum absolute atomic E-state index is 0.571. The van der Waals surface area contributed by atoms with Gasteiger partial charge in [-0.2, -0.15) is 5.10 Å². The predicted octanol–water partition coefficient (Wildman–Crippen LogP) is -0.00458. The molecular formula is C10H17N3O. The molecule has 78 valence electrons. The fourth-order valence-electron chi connectivity index (χ4n) is 2.02. The SMILES string of the molecule is Cc1cnn(C)c1CC1(O)CCNC1. The van der Waals surface area contributed by atoms with Gasteiger partial charge in [-0.25, -0.2) is 0 Å². The van der Waals surface area contributed by atoms with Crippen molar-refractivity contribution in [1.82, 2.24) is 15.1 Å². The van der Waals surface area contributed by atoms with Crippen LogP contribution in [-0.2, 0) is 13.5 Å². The van der Waals surface area contributed by atoms with Crippen molar-refractivity contribution in [3.63, 3.8) is 0 Å². The summed E-state index contributed by atoms with van der Waals surface area (Å²) in [5.74, 6) is 0. The van der Waals surface area contributed by atoms with Gasteiger partial charge < -0.3 is 10.4 Å². The number of hydrogen-bond acceptors (Lipinski definition) is 3. The highest BCUT2D eigenvalue weighted by atomic mass is 16.3. The third-order valence-electron chi connectivity index (χ3n) is 2.99. The first kappa shape index (κ1) is 9.68. The Labute approximate surface area is 83.9 Å². The molecule has 0 spiro atoms. The van der Waals surface area contributed by atoms with Crippen molar-refractivity contribution in [2.75, 3.05) is 13.1 Å². The molecule has 2 N–H and O–H groups in total. The standard InChI is InChI=1S/C10H17N3O/c1-8-6-12-13(2)9(8)5-10(14)3-4-11-7-10/h6,11,14H,3-5,7H2,1-2H3. The first-order valence-corrected chi connectivity index (χ1v) is 5.01.